The Morgan fingerprint density at radius 1 is 1.55 bits per heavy atom. The molecule has 2 unspecified atom stereocenters. The predicted octanol–water partition coefficient (Wildman–Crippen LogP) is 4.01. The summed E-state index contributed by atoms with van der Waals surface area (Å²) < 4.78 is 1.36. The minimum Gasteiger partial charge on any atom is -0.0804 e. The molecule has 0 nitrogen and oxygen atoms in total. The van der Waals surface area contributed by atoms with Gasteiger partial charge in [0.25, 0.3) is 0 Å². The van der Waals surface area contributed by atoms with E-state index in [-0.39, 0.29) is 4.32 Å². The summed E-state index contributed by atoms with van der Waals surface area (Å²) in [5.41, 5.74) is 1.41. The highest BCUT2D eigenvalue weighted by Gasteiger charge is 2.29. The minimum atomic E-state index is 0.133. The van der Waals surface area contributed by atoms with Crippen molar-refractivity contribution in [2.45, 2.75) is 25.1 Å². The molecule has 0 aromatic carbocycles. The molecule has 0 fully saturated rings. The Morgan fingerprint density at radius 3 is 2.55 bits per heavy atom. The fourth-order valence-electron chi connectivity index (χ4n) is 1.14. The van der Waals surface area contributed by atoms with Crippen molar-refractivity contribution in [2.24, 2.45) is 5.92 Å². The molecule has 2 atom stereocenters. The molecule has 0 bridgehead atoms. The number of halogens is 2. The zero-order valence-electron chi connectivity index (χ0n) is 6.99. The Hall–Kier alpha value is 0.440. The van der Waals surface area contributed by atoms with E-state index in [0.717, 1.165) is 0 Å². The summed E-state index contributed by atoms with van der Waals surface area (Å²) in [4.78, 5) is 0. The van der Waals surface area contributed by atoms with Gasteiger partial charge in [0.1, 0.15) is 0 Å². The second-order valence-corrected chi connectivity index (χ2v) is 5.80. The highest BCUT2D eigenvalue weighted by Crippen LogP contribution is 2.40. The first kappa shape index (κ1) is 9.53. The summed E-state index contributed by atoms with van der Waals surface area (Å²) in [5.74, 6) is 0.557. The van der Waals surface area contributed by atoms with Gasteiger partial charge in [0.2, 0.25) is 0 Å². The van der Waals surface area contributed by atoms with E-state index in [0.29, 0.717) is 5.92 Å². The molecule has 1 rings (SSSR count). The average Bonchev–Trinajstić information content (AvgIpc) is 1.95. The summed E-state index contributed by atoms with van der Waals surface area (Å²) in [5, 5.41) is 0. The van der Waals surface area contributed by atoms with Crippen LogP contribution in [0.4, 0.5) is 0 Å². The molecule has 0 aromatic heterocycles. The lowest BCUT2D eigenvalue weighted by molar-refractivity contribution is 0.577. The highest BCUT2D eigenvalue weighted by molar-refractivity contribution is 9.12. The van der Waals surface area contributed by atoms with Gasteiger partial charge < -0.3 is 0 Å². The third kappa shape index (κ3) is 1.78. The molecule has 0 N–H and O–H groups in total. The van der Waals surface area contributed by atoms with E-state index in [9.17, 15) is 0 Å². The van der Waals surface area contributed by atoms with Gasteiger partial charge in [-0.1, -0.05) is 56.5 Å². The Morgan fingerprint density at radius 2 is 2.09 bits per heavy atom. The van der Waals surface area contributed by atoms with Gasteiger partial charge in [-0.15, -0.1) is 0 Å². The third-order valence-corrected chi connectivity index (χ3v) is 4.27. The number of hydrogen-bond acceptors (Lipinski definition) is 0. The number of allylic oxidation sites excluding steroid dienone is 4. The van der Waals surface area contributed by atoms with Crippen LogP contribution in [-0.2, 0) is 0 Å². The molecule has 11 heavy (non-hydrogen) atoms. The molecule has 0 amide bonds. The van der Waals surface area contributed by atoms with Crippen LogP contribution < -0.4 is 0 Å². The maximum atomic E-state index is 3.68. The van der Waals surface area contributed by atoms with Crippen molar-refractivity contribution in [3.05, 3.63) is 22.2 Å². The van der Waals surface area contributed by atoms with Crippen LogP contribution in [0.1, 0.15) is 20.8 Å². The molecule has 0 aliphatic heterocycles. The number of alkyl halides is 1. The van der Waals surface area contributed by atoms with E-state index in [1.165, 1.54) is 10.1 Å². The van der Waals surface area contributed by atoms with E-state index in [1.54, 1.807) is 0 Å². The molecule has 62 valence electrons. The van der Waals surface area contributed by atoms with Gasteiger partial charge in [0.15, 0.2) is 0 Å². The maximum absolute atomic E-state index is 3.68. The van der Waals surface area contributed by atoms with Gasteiger partial charge in [-0.25, -0.2) is 0 Å². The van der Waals surface area contributed by atoms with Gasteiger partial charge >= 0.3 is 0 Å². The first-order valence-corrected chi connectivity index (χ1v) is 5.28. The van der Waals surface area contributed by atoms with E-state index in [4.69, 9.17) is 0 Å². The lowest BCUT2D eigenvalue weighted by Gasteiger charge is -2.31. The fourth-order valence-corrected chi connectivity index (χ4v) is 2.09. The summed E-state index contributed by atoms with van der Waals surface area (Å²) in [6, 6.07) is 0. The summed E-state index contributed by atoms with van der Waals surface area (Å²) in [6.45, 7) is 6.59. The monoisotopic (exact) mass is 278 g/mol. The molecular formula is C9H12Br2. The first-order chi connectivity index (χ1) is 4.95. The summed E-state index contributed by atoms with van der Waals surface area (Å²) in [7, 11) is 0. The van der Waals surface area contributed by atoms with Gasteiger partial charge in [-0.05, 0) is 19.8 Å². The quantitative estimate of drug-likeness (QED) is 0.588. The lowest BCUT2D eigenvalue weighted by atomic mass is 9.85. The van der Waals surface area contributed by atoms with Crippen molar-refractivity contribution in [2.75, 3.05) is 0 Å². The van der Waals surface area contributed by atoms with Crippen LogP contribution in [0.3, 0.4) is 0 Å². The smallest absolute Gasteiger partial charge is 0.0474 e. The predicted molar refractivity (Wildman–Crippen MR) is 57.3 cm³/mol. The van der Waals surface area contributed by atoms with E-state index in [1.807, 2.05) is 0 Å². The van der Waals surface area contributed by atoms with Crippen molar-refractivity contribution in [1.82, 2.24) is 0 Å². The Balaban J connectivity index is 3.01. The van der Waals surface area contributed by atoms with E-state index >= 15 is 0 Å². The fraction of sp³-hybridized carbons (Fsp3) is 0.556. The van der Waals surface area contributed by atoms with Crippen LogP contribution in [0.15, 0.2) is 22.2 Å². The molecule has 0 radical (unpaired) electrons. The highest BCUT2D eigenvalue weighted by atomic mass is 79.9. The Bertz CT molecular complexity index is 224. The number of hydrogen-bond donors (Lipinski definition) is 0. The molecule has 2 heteroatoms. The van der Waals surface area contributed by atoms with Crippen LogP contribution in [-0.4, -0.2) is 4.32 Å². The number of rotatable bonds is 0. The molecule has 0 aromatic rings. The Kier molecular flexibility index (Phi) is 2.65. The molecule has 0 spiro atoms. The first-order valence-electron chi connectivity index (χ1n) is 3.69. The molecule has 0 saturated heterocycles. The second kappa shape index (κ2) is 3.06. The van der Waals surface area contributed by atoms with Crippen LogP contribution in [0.2, 0.25) is 0 Å². The van der Waals surface area contributed by atoms with Crippen LogP contribution >= 0.6 is 31.9 Å². The van der Waals surface area contributed by atoms with Gasteiger partial charge in [0.05, 0.1) is 0 Å². The van der Waals surface area contributed by atoms with Crippen LogP contribution in [0, 0.1) is 5.92 Å². The maximum Gasteiger partial charge on any atom is 0.0474 e. The standard InChI is InChI=1S/C9H12Br2/c1-6-7(2)9(3,11)5-4-8(6)10/h4-5,7H,1-3H3. The van der Waals surface area contributed by atoms with E-state index < -0.39 is 0 Å². The summed E-state index contributed by atoms with van der Waals surface area (Å²) in [6.07, 6.45) is 4.30. The molecule has 1 aliphatic rings. The van der Waals surface area contributed by atoms with Gasteiger partial charge in [-0.3, -0.25) is 0 Å². The van der Waals surface area contributed by atoms with Crippen LogP contribution in [0.5, 0.6) is 0 Å². The van der Waals surface area contributed by atoms with Crippen LogP contribution in [0.25, 0.3) is 0 Å². The van der Waals surface area contributed by atoms with Gasteiger partial charge in [0, 0.05) is 8.81 Å². The normalized spacial score (nSPS) is 38.1. The SMILES string of the molecule is CC1=C(Br)C=CC(C)(Br)C1C. The lowest BCUT2D eigenvalue weighted by Crippen LogP contribution is -2.26. The largest absolute Gasteiger partial charge is 0.0804 e. The topological polar surface area (TPSA) is 0 Å². The molecule has 0 heterocycles. The average molecular weight is 280 g/mol. The van der Waals surface area contributed by atoms with Crippen molar-refractivity contribution in [3.8, 4) is 0 Å². The van der Waals surface area contributed by atoms with E-state index in [2.05, 4.69) is 64.8 Å². The molecular weight excluding hydrogens is 268 g/mol. The molecule has 0 saturated carbocycles. The zero-order chi connectivity index (χ0) is 8.65. The second-order valence-electron chi connectivity index (χ2n) is 3.24. The molecule has 1 aliphatic carbocycles. The zero-order valence-corrected chi connectivity index (χ0v) is 10.2. The van der Waals surface area contributed by atoms with Crippen molar-refractivity contribution < 1.29 is 0 Å². The van der Waals surface area contributed by atoms with Crippen molar-refractivity contribution in [3.63, 3.8) is 0 Å². The minimum absolute atomic E-state index is 0.133. The Labute approximate surface area is 85.0 Å². The third-order valence-electron chi connectivity index (χ3n) is 2.43. The summed E-state index contributed by atoms with van der Waals surface area (Å²) >= 11 is 7.20. The van der Waals surface area contributed by atoms with Gasteiger partial charge in [-0.2, -0.15) is 0 Å². The van der Waals surface area contributed by atoms with Crippen molar-refractivity contribution in [1.29, 1.82) is 0 Å². The van der Waals surface area contributed by atoms with Crippen molar-refractivity contribution >= 4 is 31.9 Å².